The van der Waals surface area contributed by atoms with Crippen LogP contribution in [0.1, 0.15) is 40.4 Å². The number of amides is 1. The molecule has 0 aliphatic rings. The topological polar surface area (TPSA) is 54.9 Å². The molecular weight excluding hydrogens is 322 g/mol. The largest absolute Gasteiger partial charge is 0.350 e. The van der Waals surface area contributed by atoms with Gasteiger partial charge in [-0.15, -0.1) is 0 Å². The molecule has 132 valence electrons. The number of aryl methyl sites for hydroxylation is 2. The Hall–Kier alpha value is -3.01. The zero-order chi connectivity index (χ0) is 18.4. The van der Waals surface area contributed by atoms with E-state index in [1.54, 1.807) is 12.4 Å². The molecule has 3 rings (SSSR count). The number of carbonyl (C=O) groups is 1. The fourth-order valence-electron chi connectivity index (χ4n) is 3.03. The number of benzene rings is 2. The highest BCUT2D eigenvalue weighted by Gasteiger charge is 2.19. The number of hydrogen-bond donors (Lipinski definition) is 1. The zero-order valence-corrected chi connectivity index (χ0v) is 15.1. The standard InChI is InChI=1S/C22H23N3O/c1-16-8-6-7-11-20(16)21(18-9-4-3-5-10-18)12-22(26)25-15-19-14-23-17(2)13-24-19/h3-11,13-14,21H,12,15H2,1-2H3,(H,25,26). The molecule has 1 N–H and O–H groups in total. The van der Waals surface area contributed by atoms with Crippen LogP contribution in [0.25, 0.3) is 0 Å². The smallest absolute Gasteiger partial charge is 0.221 e. The van der Waals surface area contributed by atoms with Gasteiger partial charge in [0.05, 0.1) is 24.1 Å². The minimum absolute atomic E-state index is 0.00415. The average Bonchev–Trinajstić information content (AvgIpc) is 2.67. The van der Waals surface area contributed by atoms with Gasteiger partial charge in [-0.25, -0.2) is 0 Å². The predicted octanol–water partition coefficient (Wildman–Crippen LogP) is 3.93. The Balaban J connectivity index is 1.74. The van der Waals surface area contributed by atoms with Gasteiger partial charge in [-0.2, -0.15) is 0 Å². The van der Waals surface area contributed by atoms with E-state index >= 15 is 0 Å². The Morgan fingerprint density at radius 1 is 0.962 bits per heavy atom. The Labute approximate surface area is 154 Å². The molecule has 0 fully saturated rings. The van der Waals surface area contributed by atoms with Crippen molar-refractivity contribution in [1.29, 1.82) is 0 Å². The molecule has 0 saturated heterocycles. The number of hydrogen-bond acceptors (Lipinski definition) is 3. The van der Waals surface area contributed by atoms with Crippen molar-refractivity contribution in [3.63, 3.8) is 0 Å². The maximum atomic E-state index is 12.6. The Morgan fingerprint density at radius 2 is 1.69 bits per heavy atom. The third-order valence-corrected chi connectivity index (χ3v) is 4.46. The summed E-state index contributed by atoms with van der Waals surface area (Å²) in [6.07, 6.45) is 3.81. The molecule has 1 unspecified atom stereocenters. The average molecular weight is 345 g/mol. The maximum absolute atomic E-state index is 12.6. The highest BCUT2D eigenvalue weighted by molar-refractivity contribution is 5.77. The van der Waals surface area contributed by atoms with Crippen molar-refractivity contribution in [2.24, 2.45) is 0 Å². The van der Waals surface area contributed by atoms with Gasteiger partial charge in [0.1, 0.15) is 0 Å². The van der Waals surface area contributed by atoms with Crippen LogP contribution in [-0.4, -0.2) is 15.9 Å². The summed E-state index contributed by atoms with van der Waals surface area (Å²) in [6.45, 7) is 4.37. The van der Waals surface area contributed by atoms with Crippen LogP contribution in [-0.2, 0) is 11.3 Å². The molecule has 0 saturated carbocycles. The van der Waals surface area contributed by atoms with Crippen LogP contribution in [0.4, 0.5) is 0 Å². The van der Waals surface area contributed by atoms with Crippen LogP contribution in [0, 0.1) is 13.8 Å². The van der Waals surface area contributed by atoms with Crippen molar-refractivity contribution >= 4 is 5.91 Å². The van der Waals surface area contributed by atoms with Crippen LogP contribution in [0.2, 0.25) is 0 Å². The first-order valence-corrected chi connectivity index (χ1v) is 8.78. The predicted molar refractivity (Wildman–Crippen MR) is 103 cm³/mol. The number of carbonyl (C=O) groups excluding carboxylic acids is 1. The van der Waals surface area contributed by atoms with Crippen LogP contribution in [0.15, 0.2) is 67.0 Å². The third kappa shape index (κ3) is 4.54. The summed E-state index contributed by atoms with van der Waals surface area (Å²) in [5, 5.41) is 2.97. The minimum atomic E-state index is 0.00415. The van der Waals surface area contributed by atoms with E-state index in [0.717, 1.165) is 17.0 Å². The van der Waals surface area contributed by atoms with Crippen LogP contribution in [0.5, 0.6) is 0 Å². The van der Waals surface area contributed by atoms with E-state index < -0.39 is 0 Å². The van der Waals surface area contributed by atoms with Gasteiger partial charge in [0.25, 0.3) is 0 Å². The Kier molecular flexibility index (Phi) is 5.74. The lowest BCUT2D eigenvalue weighted by Gasteiger charge is -2.20. The summed E-state index contributed by atoms with van der Waals surface area (Å²) >= 11 is 0. The molecule has 0 spiro atoms. The highest BCUT2D eigenvalue weighted by atomic mass is 16.1. The van der Waals surface area contributed by atoms with Gasteiger partial charge in [0.15, 0.2) is 0 Å². The van der Waals surface area contributed by atoms with Crippen molar-refractivity contribution in [3.8, 4) is 0 Å². The normalized spacial score (nSPS) is 11.8. The van der Waals surface area contributed by atoms with Crippen LogP contribution < -0.4 is 5.32 Å². The van der Waals surface area contributed by atoms with Crippen molar-refractivity contribution in [3.05, 3.63) is 95.1 Å². The van der Waals surface area contributed by atoms with E-state index in [0.29, 0.717) is 13.0 Å². The molecule has 0 aliphatic heterocycles. The van der Waals surface area contributed by atoms with Gasteiger partial charge < -0.3 is 5.32 Å². The molecular formula is C22H23N3O. The first-order valence-electron chi connectivity index (χ1n) is 8.78. The molecule has 2 aromatic carbocycles. The number of nitrogens with zero attached hydrogens (tertiary/aromatic N) is 2. The summed E-state index contributed by atoms with van der Waals surface area (Å²) in [4.78, 5) is 21.1. The molecule has 1 heterocycles. The van der Waals surface area contributed by atoms with Crippen molar-refractivity contribution in [2.45, 2.75) is 32.7 Å². The number of aromatic nitrogens is 2. The van der Waals surface area contributed by atoms with E-state index in [2.05, 4.69) is 46.5 Å². The second-order valence-electron chi connectivity index (χ2n) is 6.45. The van der Waals surface area contributed by atoms with E-state index in [4.69, 9.17) is 0 Å². The Bertz CT molecular complexity index is 860. The molecule has 4 heteroatoms. The van der Waals surface area contributed by atoms with E-state index in [1.807, 2.05) is 37.3 Å². The fourth-order valence-corrected chi connectivity index (χ4v) is 3.03. The van der Waals surface area contributed by atoms with Crippen molar-refractivity contribution in [2.75, 3.05) is 0 Å². The molecule has 26 heavy (non-hydrogen) atoms. The van der Waals surface area contributed by atoms with E-state index in [1.165, 1.54) is 11.1 Å². The monoisotopic (exact) mass is 345 g/mol. The quantitative estimate of drug-likeness (QED) is 0.736. The van der Waals surface area contributed by atoms with Crippen LogP contribution >= 0.6 is 0 Å². The van der Waals surface area contributed by atoms with Crippen molar-refractivity contribution in [1.82, 2.24) is 15.3 Å². The molecule has 4 nitrogen and oxygen atoms in total. The highest BCUT2D eigenvalue weighted by Crippen LogP contribution is 2.30. The van der Waals surface area contributed by atoms with Gasteiger partial charge in [-0.05, 0) is 30.5 Å². The lowest BCUT2D eigenvalue weighted by molar-refractivity contribution is -0.121. The summed E-state index contributed by atoms with van der Waals surface area (Å²) in [6, 6.07) is 18.4. The number of rotatable bonds is 6. The molecule has 3 aromatic rings. The lowest BCUT2D eigenvalue weighted by Crippen LogP contribution is -2.25. The maximum Gasteiger partial charge on any atom is 0.221 e. The summed E-state index contributed by atoms with van der Waals surface area (Å²) in [5.74, 6) is 0.0333. The zero-order valence-electron chi connectivity index (χ0n) is 15.1. The van der Waals surface area contributed by atoms with Gasteiger partial charge in [-0.1, -0.05) is 54.6 Å². The van der Waals surface area contributed by atoms with Gasteiger partial charge >= 0.3 is 0 Å². The van der Waals surface area contributed by atoms with E-state index in [-0.39, 0.29) is 11.8 Å². The number of nitrogens with one attached hydrogen (secondary N) is 1. The fraction of sp³-hybridized carbons (Fsp3) is 0.227. The van der Waals surface area contributed by atoms with Gasteiger partial charge in [0, 0.05) is 18.5 Å². The molecule has 1 atom stereocenters. The molecule has 0 bridgehead atoms. The van der Waals surface area contributed by atoms with Gasteiger partial charge in [0.2, 0.25) is 5.91 Å². The van der Waals surface area contributed by atoms with Gasteiger partial charge in [-0.3, -0.25) is 14.8 Å². The van der Waals surface area contributed by atoms with Crippen LogP contribution in [0.3, 0.4) is 0 Å². The summed E-state index contributed by atoms with van der Waals surface area (Å²) in [7, 11) is 0. The SMILES string of the molecule is Cc1cnc(CNC(=O)CC(c2ccccc2)c2ccccc2C)cn1. The molecule has 1 aromatic heterocycles. The minimum Gasteiger partial charge on any atom is -0.350 e. The lowest BCUT2D eigenvalue weighted by atomic mass is 9.86. The first-order chi connectivity index (χ1) is 12.6. The molecule has 0 radical (unpaired) electrons. The molecule has 1 amide bonds. The van der Waals surface area contributed by atoms with Crippen molar-refractivity contribution < 1.29 is 4.79 Å². The first kappa shape index (κ1) is 17.8. The second kappa shape index (κ2) is 8.39. The molecule has 0 aliphatic carbocycles. The summed E-state index contributed by atoms with van der Waals surface area (Å²) < 4.78 is 0. The second-order valence-corrected chi connectivity index (χ2v) is 6.45. The summed E-state index contributed by atoms with van der Waals surface area (Å²) in [5.41, 5.74) is 5.15. The third-order valence-electron chi connectivity index (χ3n) is 4.46. The van der Waals surface area contributed by atoms with E-state index in [9.17, 15) is 4.79 Å². The Morgan fingerprint density at radius 3 is 2.38 bits per heavy atom.